The second kappa shape index (κ2) is 11.6. The van der Waals surface area contributed by atoms with E-state index in [0.29, 0.717) is 5.56 Å². The lowest BCUT2D eigenvalue weighted by atomic mass is 10.1. The zero-order valence-electron chi connectivity index (χ0n) is 20.3. The van der Waals surface area contributed by atoms with E-state index in [9.17, 15) is 22.4 Å². The molecule has 0 radical (unpaired) electrons. The summed E-state index contributed by atoms with van der Waals surface area (Å²) in [6.45, 7) is 6.59. The number of benzene rings is 2. The highest BCUT2D eigenvalue weighted by atomic mass is 35.5. The SMILES string of the molecule is CC[C@@H](C(=O)NC(C)(C)C)N(Cc1ccc(F)cc1)C(=O)CN(c1cc(Cl)cc(Cl)c1)S(C)(=O)=O. The van der Waals surface area contributed by atoms with Crippen molar-refractivity contribution in [2.45, 2.75) is 52.2 Å². The smallest absolute Gasteiger partial charge is 0.244 e. The summed E-state index contributed by atoms with van der Waals surface area (Å²) in [7, 11) is -3.92. The summed E-state index contributed by atoms with van der Waals surface area (Å²) < 4.78 is 39.6. The topological polar surface area (TPSA) is 86.8 Å². The third-order valence-electron chi connectivity index (χ3n) is 4.96. The van der Waals surface area contributed by atoms with Crippen LogP contribution in [0.25, 0.3) is 0 Å². The Labute approximate surface area is 216 Å². The standard InChI is InChI=1S/C24H30Cl2FN3O4S/c1-6-21(23(32)28-24(2,3)4)29(14-16-7-9-19(27)10-8-16)22(31)15-30(35(5,33)34)20-12-17(25)11-18(26)13-20/h7-13,21H,6,14-15H2,1-5H3,(H,28,32)/t21-/m0/s1. The van der Waals surface area contributed by atoms with Crippen molar-refractivity contribution in [2.24, 2.45) is 0 Å². The summed E-state index contributed by atoms with van der Waals surface area (Å²) in [5.41, 5.74) is 0.150. The van der Waals surface area contributed by atoms with Crippen molar-refractivity contribution < 1.29 is 22.4 Å². The van der Waals surface area contributed by atoms with Crippen LogP contribution in [0.5, 0.6) is 0 Å². The molecule has 2 amide bonds. The van der Waals surface area contributed by atoms with E-state index in [1.54, 1.807) is 6.92 Å². The molecule has 192 valence electrons. The number of rotatable bonds is 9. The van der Waals surface area contributed by atoms with Crippen LogP contribution in [0.3, 0.4) is 0 Å². The number of nitrogens with one attached hydrogen (secondary N) is 1. The quantitative estimate of drug-likeness (QED) is 0.498. The van der Waals surface area contributed by atoms with Gasteiger partial charge in [0.05, 0.1) is 11.9 Å². The van der Waals surface area contributed by atoms with Gasteiger partial charge in [-0.3, -0.25) is 13.9 Å². The van der Waals surface area contributed by atoms with E-state index in [-0.39, 0.29) is 34.6 Å². The zero-order chi connectivity index (χ0) is 26.6. The third kappa shape index (κ3) is 8.66. The summed E-state index contributed by atoms with van der Waals surface area (Å²) in [5.74, 6) is -1.44. The number of nitrogens with zero attached hydrogens (tertiary/aromatic N) is 2. The van der Waals surface area contributed by atoms with Gasteiger partial charge in [-0.25, -0.2) is 12.8 Å². The van der Waals surface area contributed by atoms with E-state index >= 15 is 0 Å². The van der Waals surface area contributed by atoms with Crippen molar-refractivity contribution in [3.8, 4) is 0 Å². The van der Waals surface area contributed by atoms with Gasteiger partial charge in [0.25, 0.3) is 0 Å². The molecule has 0 aliphatic carbocycles. The molecule has 7 nitrogen and oxygen atoms in total. The zero-order valence-corrected chi connectivity index (χ0v) is 22.6. The van der Waals surface area contributed by atoms with Gasteiger partial charge in [0.15, 0.2) is 0 Å². The van der Waals surface area contributed by atoms with Gasteiger partial charge in [-0.1, -0.05) is 42.3 Å². The van der Waals surface area contributed by atoms with Crippen LogP contribution in [0, 0.1) is 5.82 Å². The fourth-order valence-corrected chi connectivity index (χ4v) is 4.80. The first kappa shape index (κ1) is 28.9. The molecule has 1 N–H and O–H groups in total. The molecule has 0 unspecified atom stereocenters. The monoisotopic (exact) mass is 545 g/mol. The minimum absolute atomic E-state index is 0.0247. The number of amides is 2. The lowest BCUT2D eigenvalue weighted by Crippen LogP contribution is -2.55. The van der Waals surface area contributed by atoms with Crippen LogP contribution in [0.2, 0.25) is 10.0 Å². The van der Waals surface area contributed by atoms with E-state index < -0.39 is 39.9 Å². The normalized spacial score (nSPS) is 12.7. The van der Waals surface area contributed by atoms with Gasteiger partial charge in [0.2, 0.25) is 21.8 Å². The van der Waals surface area contributed by atoms with E-state index in [2.05, 4.69) is 5.32 Å². The minimum Gasteiger partial charge on any atom is -0.350 e. The van der Waals surface area contributed by atoms with E-state index in [0.717, 1.165) is 10.6 Å². The largest absolute Gasteiger partial charge is 0.350 e. The van der Waals surface area contributed by atoms with Gasteiger partial charge >= 0.3 is 0 Å². The third-order valence-corrected chi connectivity index (χ3v) is 6.54. The molecule has 0 saturated carbocycles. The van der Waals surface area contributed by atoms with Gasteiger partial charge in [-0.15, -0.1) is 0 Å². The van der Waals surface area contributed by atoms with E-state index in [1.165, 1.54) is 47.4 Å². The Kier molecular flexibility index (Phi) is 9.56. The molecular formula is C24H30Cl2FN3O4S. The lowest BCUT2D eigenvalue weighted by molar-refractivity contribution is -0.141. The second-order valence-electron chi connectivity index (χ2n) is 9.21. The predicted octanol–water partition coefficient (Wildman–Crippen LogP) is 4.62. The van der Waals surface area contributed by atoms with Crippen LogP contribution in [-0.2, 0) is 26.2 Å². The van der Waals surface area contributed by atoms with Gasteiger partial charge in [0, 0.05) is 22.1 Å². The second-order valence-corrected chi connectivity index (χ2v) is 12.0. The van der Waals surface area contributed by atoms with Gasteiger partial charge < -0.3 is 10.2 Å². The number of anilines is 1. The van der Waals surface area contributed by atoms with Crippen molar-refractivity contribution in [3.63, 3.8) is 0 Å². The fraction of sp³-hybridized carbons (Fsp3) is 0.417. The first-order chi connectivity index (χ1) is 16.1. The molecule has 2 rings (SSSR count). The molecule has 0 aromatic heterocycles. The van der Waals surface area contributed by atoms with Crippen LogP contribution < -0.4 is 9.62 Å². The van der Waals surface area contributed by atoms with Crippen molar-refractivity contribution in [1.82, 2.24) is 10.2 Å². The van der Waals surface area contributed by atoms with Crippen molar-refractivity contribution >= 4 is 50.7 Å². The number of sulfonamides is 1. The number of hydrogen-bond donors (Lipinski definition) is 1. The maximum absolute atomic E-state index is 13.6. The molecule has 0 aliphatic heterocycles. The molecule has 0 bridgehead atoms. The highest BCUT2D eigenvalue weighted by molar-refractivity contribution is 7.92. The molecule has 1 atom stereocenters. The van der Waals surface area contributed by atoms with Crippen molar-refractivity contribution in [2.75, 3.05) is 17.1 Å². The van der Waals surface area contributed by atoms with Crippen LogP contribution >= 0.6 is 23.2 Å². The summed E-state index contributed by atoms with van der Waals surface area (Å²) in [6, 6.07) is 8.85. The Morgan fingerprint density at radius 1 is 1.06 bits per heavy atom. The van der Waals surface area contributed by atoms with Crippen LogP contribution in [0.1, 0.15) is 39.7 Å². The van der Waals surface area contributed by atoms with Crippen LogP contribution in [0.15, 0.2) is 42.5 Å². The number of carbonyl (C=O) groups excluding carboxylic acids is 2. The van der Waals surface area contributed by atoms with Gasteiger partial charge in [0.1, 0.15) is 18.4 Å². The Morgan fingerprint density at radius 2 is 1.60 bits per heavy atom. The molecule has 11 heteroatoms. The van der Waals surface area contributed by atoms with Crippen LogP contribution in [-0.4, -0.2) is 49.5 Å². The van der Waals surface area contributed by atoms with E-state index in [1.807, 2.05) is 20.8 Å². The summed E-state index contributed by atoms with van der Waals surface area (Å²) in [5, 5.41) is 3.27. The van der Waals surface area contributed by atoms with Gasteiger partial charge in [-0.05, 0) is 63.1 Å². The van der Waals surface area contributed by atoms with Gasteiger partial charge in [-0.2, -0.15) is 0 Å². The van der Waals surface area contributed by atoms with E-state index in [4.69, 9.17) is 23.2 Å². The summed E-state index contributed by atoms with van der Waals surface area (Å²) in [6.07, 6.45) is 1.24. The average molecular weight is 546 g/mol. The van der Waals surface area contributed by atoms with Crippen molar-refractivity contribution in [1.29, 1.82) is 0 Å². The molecular weight excluding hydrogens is 516 g/mol. The Bertz CT molecular complexity index is 1150. The Morgan fingerprint density at radius 3 is 2.06 bits per heavy atom. The summed E-state index contributed by atoms with van der Waals surface area (Å²) in [4.78, 5) is 28.0. The number of hydrogen-bond acceptors (Lipinski definition) is 4. The molecule has 35 heavy (non-hydrogen) atoms. The molecule has 2 aromatic carbocycles. The lowest BCUT2D eigenvalue weighted by Gasteiger charge is -2.34. The highest BCUT2D eigenvalue weighted by Gasteiger charge is 2.33. The maximum Gasteiger partial charge on any atom is 0.244 e. The molecule has 0 fully saturated rings. The first-order valence-electron chi connectivity index (χ1n) is 10.9. The maximum atomic E-state index is 13.6. The molecule has 0 saturated heterocycles. The molecule has 0 heterocycles. The van der Waals surface area contributed by atoms with Crippen molar-refractivity contribution in [3.05, 3.63) is 63.9 Å². The molecule has 2 aromatic rings. The minimum atomic E-state index is -3.92. The first-order valence-corrected chi connectivity index (χ1v) is 13.5. The Balaban J connectivity index is 2.48. The molecule has 0 spiro atoms. The average Bonchev–Trinajstić information content (AvgIpc) is 2.70. The Hall–Kier alpha value is -2.36. The van der Waals surface area contributed by atoms with Crippen LogP contribution in [0.4, 0.5) is 10.1 Å². The molecule has 0 aliphatic rings. The highest BCUT2D eigenvalue weighted by Crippen LogP contribution is 2.27. The number of carbonyl (C=O) groups is 2. The number of halogens is 3. The predicted molar refractivity (Wildman–Crippen MR) is 138 cm³/mol. The fourth-order valence-electron chi connectivity index (χ4n) is 3.46. The summed E-state index contributed by atoms with van der Waals surface area (Å²) >= 11 is 12.1.